The number of hydrogen-bond acceptors (Lipinski definition) is 0. The molecule has 0 fully saturated rings. The van der Waals surface area contributed by atoms with Gasteiger partial charge in [0, 0.05) is 0 Å². The van der Waals surface area contributed by atoms with Crippen molar-refractivity contribution in [2.75, 3.05) is 0 Å². The van der Waals surface area contributed by atoms with Crippen LogP contribution in [0.3, 0.4) is 0 Å². The van der Waals surface area contributed by atoms with Crippen molar-refractivity contribution >= 4 is 7.85 Å². The highest BCUT2D eigenvalue weighted by molar-refractivity contribution is 6.14. The van der Waals surface area contributed by atoms with Gasteiger partial charge < -0.3 is 0 Å². The van der Waals surface area contributed by atoms with Gasteiger partial charge >= 0.3 is 0 Å². The average molecular weight is 186 g/mol. The first-order valence-electron chi connectivity index (χ1n) is 5.48. The SMILES string of the molecule is BC1C(C)(C)c2ccccc2C1(C)C. The smallest absolute Gasteiger partial charge is 0.0620 e. The first-order valence-corrected chi connectivity index (χ1v) is 5.48. The maximum absolute atomic E-state index is 2.38. The lowest BCUT2D eigenvalue weighted by molar-refractivity contribution is 0.404. The van der Waals surface area contributed by atoms with Gasteiger partial charge in [-0.1, -0.05) is 57.8 Å². The Morgan fingerprint density at radius 3 is 1.64 bits per heavy atom. The number of hydrogen-bond donors (Lipinski definition) is 0. The first-order chi connectivity index (χ1) is 6.38. The largest absolute Gasteiger partial charge is 0.107 e. The Labute approximate surface area is 88.1 Å². The molecular weight excluding hydrogens is 167 g/mol. The second-order valence-electron chi connectivity index (χ2n) is 5.71. The lowest BCUT2D eigenvalue weighted by Gasteiger charge is -2.33. The van der Waals surface area contributed by atoms with E-state index < -0.39 is 0 Å². The van der Waals surface area contributed by atoms with E-state index in [0.717, 1.165) is 0 Å². The third kappa shape index (κ3) is 1.02. The highest BCUT2D eigenvalue weighted by Crippen LogP contribution is 2.55. The van der Waals surface area contributed by atoms with E-state index in [4.69, 9.17) is 0 Å². The predicted molar refractivity (Wildman–Crippen MR) is 64.8 cm³/mol. The van der Waals surface area contributed by atoms with Crippen molar-refractivity contribution in [2.45, 2.75) is 44.3 Å². The summed E-state index contributed by atoms with van der Waals surface area (Å²) in [6.07, 6.45) is 0. The summed E-state index contributed by atoms with van der Waals surface area (Å²) < 4.78 is 0. The Morgan fingerprint density at radius 2 is 1.29 bits per heavy atom. The Morgan fingerprint density at radius 1 is 0.929 bits per heavy atom. The van der Waals surface area contributed by atoms with E-state index >= 15 is 0 Å². The Balaban J connectivity index is 2.70. The predicted octanol–water partition coefficient (Wildman–Crippen LogP) is 2.68. The van der Waals surface area contributed by atoms with Crippen molar-refractivity contribution in [1.82, 2.24) is 0 Å². The Hall–Kier alpha value is -0.715. The molecule has 0 unspecified atom stereocenters. The maximum Gasteiger partial charge on any atom is 0.107 e. The second kappa shape index (κ2) is 2.65. The van der Waals surface area contributed by atoms with E-state index in [1.165, 1.54) is 11.1 Å². The molecule has 0 saturated carbocycles. The molecule has 1 heteroatoms. The fourth-order valence-corrected chi connectivity index (χ4v) is 2.98. The molecule has 0 N–H and O–H groups in total. The molecule has 0 aromatic heterocycles. The van der Waals surface area contributed by atoms with Gasteiger partial charge in [0.1, 0.15) is 7.85 Å². The molecule has 0 aliphatic heterocycles. The normalized spacial score (nSPS) is 23.4. The molecule has 0 amide bonds. The van der Waals surface area contributed by atoms with Gasteiger partial charge in [0.15, 0.2) is 0 Å². The monoisotopic (exact) mass is 186 g/mol. The molecule has 1 aromatic rings. The molecule has 0 heterocycles. The van der Waals surface area contributed by atoms with Crippen molar-refractivity contribution < 1.29 is 0 Å². The van der Waals surface area contributed by atoms with Crippen molar-refractivity contribution in [2.24, 2.45) is 0 Å². The summed E-state index contributed by atoms with van der Waals surface area (Å²) in [5.41, 5.74) is 3.72. The van der Waals surface area contributed by atoms with E-state index in [1.807, 2.05) is 0 Å². The van der Waals surface area contributed by atoms with E-state index in [2.05, 4.69) is 59.8 Å². The van der Waals surface area contributed by atoms with E-state index in [9.17, 15) is 0 Å². The quantitative estimate of drug-likeness (QED) is 0.546. The van der Waals surface area contributed by atoms with Crippen molar-refractivity contribution in [1.29, 1.82) is 0 Å². The van der Waals surface area contributed by atoms with Gasteiger partial charge in [0.2, 0.25) is 0 Å². The van der Waals surface area contributed by atoms with Crippen LogP contribution in [0.2, 0.25) is 5.82 Å². The van der Waals surface area contributed by atoms with Gasteiger partial charge in [-0.2, -0.15) is 0 Å². The molecular formula is C13H19B. The van der Waals surface area contributed by atoms with Crippen LogP contribution in [0.5, 0.6) is 0 Å². The zero-order valence-corrected chi connectivity index (χ0v) is 9.89. The maximum atomic E-state index is 2.38. The summed E-state index contributed by atoms with van der Waals surface area (Å²) in [6.45, 7) is 9.47. The van der Waals surface area contributed by atoms with E-state index in [1.54, 1.807) is 0 Å². The molecule has 1 aliphatic carbocycles. The van der Waals surface area contributed by atoms with Crippen molar-refractivity contribution in [3.8, 4) is 0 Å². The van der Waals surface area contributed by atoms with Gasteiger partial charge in [-0.05, 0) is 22.0 Å². The van der Waals surface area contributed by atoms with Crippen LogP contribution >= 0.6 is 0 Å². The van der Waals surface area contributed by atoms with Crippen LogP contribution in [-0.4, -0.2) is 7.85 Å². The number of benzene rings is 1. The summed E-state index contributed by atoms with van der Waals surface area (Å²) in [4.78, 5) is 0. The van der Waals surface area contributed by atoms with Crippen molar-refractivity contribution in [3.63, 3.8) is 0 Å². The number of fused-ring (bicyclic) bond motifs is 1. The summed E-state index contributed by atoms with van der Waals surface area (Å²) >= 11 is 0. The molecule has 74 valence electrons. The topological polar surface area (TPSA) is 0 Å². The van der Waals surface area contributed by atoms with E-state index in [0.29, 0.717) is 16.6 Å². The number of rotatable bonds is 0. The zero-order valence-electron chi connectivity index (χ0n) is 9.89. The van der Waals surface area contributed by atoms with Crippen LogP contribution in [0.4, 0.5) is 0 Å². The highest BCUT2D eigenvalue weighted by Gasteiger charge is 2.47. The van der Waals surface area contributed by atoms with Crippen LogP contribution in [-0.2, 0) is 10.8 Å². The molecule has 0 saturated heterocycles. The molecule has 0 spiro atoms. The minimum atomic E-state index is 0.320. The van der Waals surface area contributed by atoms with Crippen LogP contribution in [0, 0.1) is 0 Å². The second-order valence-corrected chi connectivity index (χ2v) is 5.71. The molecule has 1 aromatic carbocycles. The minimum absolute atomic E-state index is 0.320. The van der Waals surface area contributed by atoms with Gasteiger partial charge in [-0.3, -0.25) is 0 Å². The zero-order chi connectivity index (χ0) is 10.6. The Kier molecular flexibility index (Phi) is 1.86. The molecule has 0 nitrogen and oxygen atoms in total. The summed E-state index contributed by atoms with van der Waals surface area (Å²) in [6, 6.07) is 8.91. The molecule has 1 aliphatic rings. The van der Waals surface area contributed by atoms with Crippen LogP contribution in [0.15, 0.2) is 24.3 Å². The summed E-state index contributed by atoms with van der Waals surface area (Å²) in [5, 5.41) is 0. The van der Waals surface area contributed by atoms with Crippen molar-refractivity contribution in [3.05, 3.63) is 35.4 Å². The van der Waals surface area contributed by atoms with Gasteiger partial charge in [-0.15, -0.1) is 0 Å². The third-order valence-corrected chi connectivity index (χ3v) is 4.48. The average Bonchev–Trinajstić information content (AvgIpc) is 2.28. The van der Waals surface area contributed by atoms with Crippen LogP contribution in [0.25, 0.3) is 0 Å². The molecule has 14 heavy (non-hydrogen) atoms. The van der Waals surface area contributed by atoms with Gasteiger partial charge in [0.25, 0.3) is 0 Å². The fourth-order valence-electron chi connectivity index (χ4n) is 2.98. The van der Waals surface area contributed by atoms with Crippen LogP contribution < -0.4 is 0 Å². The van der Waals surface area contributed by atoms with Gasteiger partial charge in [0.05, 0.1) is 0 Å². The summed E-state index contributed by atoms with van der Waals surface area (Å²) in [7, 11) is 2.38. The summed E-state index contributed by atoms with van der Waals surface area (Å²) in [5.74, 6) is 0.701. The molecule has 0 bridgehead atoms. The molecule has 0 radical (unpaired) electrons. The molecule has 0 atom stereocenters. The highest BCUT2D eigenvalue weighted by atomic mass is 14.5. The van der Waals surface area contributed by atoms with E-state index in [-0.39, 0.29) is 0 Å². The first kappa shape index (κ1) is 9.83. The fraction of sp³-hybridized carbons (Fsp3) is 0.538. The third-order valence-electron chi connectivity index (χ3n) is 4.48. The molecule has 2 rings (SSSR count). The Bertz CT molecular complexity index is 328. The lowest BCUT2D eigenvalue weighted by Crippen LogP contribution is -2.28. The lowest BCUT2D eigenvalue weighted by atomic mass is 9.59. The minimum Gasteiger partial charge on any atom is -0.0620 e. The van der Waals surface area contributed by atoms with Crippen LogP contribution in [0.1, 0.15) is 38.8 Å². The standard InChI is InChI=1S/C13H19B/c1-12(2)9-7-5-6-8-10(9)13(3,4)11(12)14/h5-8,11H,14H2,1-4H3. The van der Waals surface area contributed by atoms with Gasteiger partial charge in [-0.25, -0.2) is 0 Å².